The molecule has 0 unspecified atom stereocenters. The Morgan fingerprint density at radius 1 is 1.24 bits per heavy atom. The first kappa shape index (κ1) is 15.9. The highest BCUT2D eigenvalue weighted by Crippen LogP contribution is 2.41. The number of nitrogens with zero attached hydrogens (tertiary/aromatic N) is 1. The summed E-state index contributed by atoms with van der Waals surface area (Å²) in [5.41, 5.74) is 3.27. The first-order chi connectivity index (χ1) is 12.0. The molecule has 130 valence electrons. The van der Waals surface area contributed by atoms with Gasteiger partial charge in [-0.2, -0.15) is 5.10 Å². The predicted octanol–water partition coefficient (Wildman–Crippen LogP) is 3.44. The molecule has 2 aliphatic rings. The molecular formula is C19H22N4O2. The molecule has 6 nitrogen and oxygen atoms in total. The molecule has 6 heteroatoms. The number of anilines is 2. The number of aromatic amines is 1. The van der Waals surface area contributed by atoms with Crippen LogP contribution in [0.2, 0.25) is 0 Å². The van der Waals surface area contributed by atoms with E-state index < -0.39 is 0 Å². The van der Waals surface area contributed by atoms with Gasteiger partial charge in [-0.25, -0.2) is 0 Å². The molecule has 1 aromatic carbocycles. The lowest BCUT2D eigenvalue weighted by atomic mass is 10.1. The number of benzene rings is 1. The fourth-order valence-corrected chi connectivity index (χ4v) is 3.14. The van der Waals surface area contributed by atoms with Gasteiger partial charge < -0.3 is 10.6 Å². The van der Waals surface area contributed by atoms with E-state index in [1.54, 1.807) is 24.3 Å². The zero-order valence-electron chi connectivity index (χ0n) is 14.4. The van der Waals surface area contributed by atoms with E-state index in [1.807, 2.05) is 6.92 Å². The standard InChI is InChI=1S/C19H22N4O2/c1-10-8-15(10)19(25)20-14-5-3-4-13(9-14)18(24)21-17-11(2)16(22-23-17)12-6-7-12/h3-5,9-10,12,15H,6-8H2,1-2H3,(H,20,25)(H2,21,22,23,24)/t10-,15+/m0/s1. The van der Waals surface area contributed by atoms with Crippen molar-refractivity contribution in [1.82, 2.24) is 10.2 Å². The minimum Gasteiger partial charge on any atom is -0.326 e. The molecule has 0 radical (unpaired) electrons. The molecule has 25 heavy (non-hydrogen) atoms. The molecule has 2 saturated carbocycles. The van der Waals surface area contributed by atoms with Crippen LogP contribution in [0, 0.1) is 18.8 Å². The van der Waals surface area contributed by atoms with Crippen molar-refractivity contribution in [3.05, 3.63) is 41.1 Å². The number of hydrogen-bond donors (Lipinski definition) is 3. The summed E-state index contributed by atoms with van der Waals surface area (Å²) in [5, 5.41) is 13.0. The fourth-order valence-electron chi connectivity index (χ4n) is 3.14. The Labute approximate surface area is 146 Å². The second-order valence-corrected chi connectivity index (χ2v) is 7.23. The van der Waals surface area contributed by atoms with Gasteiger partial charge in [0, 0.05) is 34.3 Å². The van der Waals surface area contributed by atoms with Crippen molar-refractivity contribution in [3.63, 3.8) is 0 Å². The van der Waals surface area contributed by atoms with E-state index in [2.05, 4.69) is 27.8 Å². The highest BCUT2D eigenvalue weighted by Gasteiger charge is 2.39. The second-order valence-electron chi connectivity index (χ2n) is 7.23. The summed E-state index contributed by atoms with van der Waals surface area (Å²) in [6.07, 6.45) is 3.29. The maximum Gasteiger partial charge on any atom is 0.256 e. The SMILES string of the molecule is Cc1c(NC(=O)c2cccc(NC(=O)[C@@H]3C[C@@H]3C)c2)n[nH]c1C1CC1. The third kappa shape index (κ3) is 3.29. The van der Waals surface area contributed by atoms with Crippen LogP contribution in [0.25, 0.3) is 0 Å². The summed E-state index contributed by atoms with van der Waals surface area (Å²) in [6.45, 7) is 4.04. The predicted molar refractivity (Wildman–Crippen MR) is 95.6 cm³/mol. The van der Waals surface area contributed by atoms with Crippen LogP contribution >= 0.6 is 0 Å². The van der Waals surface area contributed by atoms with E-state index >= 15 is 0 Å². The highest BCUT2D eigenvalue weighted by molar-refractivity contribution is 6.05. The van der Waals surface area contributed by atoms with Crippen molar-refractivity contribution < 1.29 is 9.59 Å². The van der Waals surface area contributed by atoms with Gasteiger partial charge in [0.05, 0.1) is 0 Å². The largest absolute Gasteiger partial charge is 0.326 e. The van der Waals surface area contributed by atoms with E-state index in [0.717, 1.165) is 17.7 Å². The van der Waals surface area contributed by atoms with Crippen LogP contribution in [0.15, 0.2) is 24.3 Å². The molecule has 0 aliphatic heterocycles. The molecule has 0 bridgehead atoms. The molecule has 2 aromatic rings. The summed E-state index contributed by atoms with van der Waals surface area (Å²) in [5.74, 6) is 1.49. The number of aromatic nitrogens is 2. The molecule has 2 fully saturated rings. The summed E-state index contributed by atoms with van der Waals surface area (Å²) in [6, 6.07) is 7.00. The zero-order chi connectivity index (χ0) is 17.6. The van der Waals surface area contributed by atoms with Crippen LogP contribution in [0.3, 0.4) is 0 Å². The van der Waals surface area contributed by atoms with E-state index in [0.29, 0.717) is 28.9 Å². The van der Waals surface area contributed by atoms with Crippen LogP contribution in [-0.2, 0) is 4.79 Å². The molecule has 0 spiro atoms. The number of H-pyrrole nitrogens is 1. The number of carbonyl (C=O) groups is 2. The Bertz CT molecular complexity index is 838. The summed E-state index contributed by atoms with van der Waals surface area (Å²) >= 11 is 0. The monoisotopic (exact) mass is 338 g/mol. The molecule has 3 N–H and O–H groups in total. The Kier molecular flexibility index (Phi) is 3.82. The summed E-state index contributed by atoms with van der Waals surface area (Å²) in [7, 11) is 0. The lowest BCUT2D eigenvalue weighted by molar-refractivity contribution is -0.117. The molecule has 1 aromatic heterocycles. The maximum atomic E-state index is 12.5. The van der Waals surface area contributed by atoms with Gasteiger partial charge >= 0.3 is 0 Å². The first-order valence-electron chi connectivity index (χ1n) is 8.80. The number of rotatable bonds is 5. The summed E-state index contributed by atoms with van der Waals surface area (Å²) < 4.78 is 0. The van der Waals surface area contributed by atoms with E-state index in [-0.39, 0.29) is 17.7 Å². The molecule has 4 rings (SSSR count). The van der Waals surface area contributed by atoms with Gasteiger partial charge in [-0.05, 0) is 50.3 Å². The normalized spacial score (nSPS) is 21.7. The van der Waals surface area contributed by atoms with Crippen LogP contribution in [0.1, 0.15) is 53.7 Å². The van der Waals surface area contributed by atoms with Gasteiger partial charge in [-0.3, -0.25) is 14.7 Å². The molecule has 2 atom stereocenters. The third-order valence-corrected chi connectivity index (χ3v) is 5.10. The van der Waals surface area contributed by atoms with Crippen molar-refractivity contribution in [1.29, 1.82) is 0 Å². The van der Waals surface area contributed by atoms with E-state index in [4.69, 9.17) is 0 Å². The highest BCUT2D eigenvalue weighted by atomic mass is 16.2. The Morgan fingerprint density at radius 3 is 2.68 bits per heavy atom. The molecular weight excluding hydrogens is 316 g/mol. The summed E-state index contributed by atoms with van der Waals surface area (Å²) in [4.78, 5) is 24.6. The average molecular weight is 338 g/mol. The van der Waals surface area contributed by atoms with Crippen molar-refractivity contribution in [3.8, 4) is 0 Å². The Balaban J connectivity index is 1.45. The van der Waals surface area contributed by atoms with Crippen molar-refractivity contribution >= 4 is 23.3 Å². The molecule has 2 amide bonds. The number of hydrogen-bond acceptors (Lipinski definition) is 3. The third-order valence-electron chi connectivity index (χ3n) is 5.10. The van der Waals surface area contributed by atoms with Gasteiger partial charge in [0.2, 0.25) is 5.91 Å². The van der Waals surface area contributed by atoms with Crippen LogP contribution in [-0.4, -0.2) is 22.0 Å². The lowest BCUT2D eigenvalue weighted by Gasteiger charge is -2.08. The van der Waals surface area contributed by atoms with E-state index in [9.17, 15) is 9.59 Å². The Hall–Kier alpha value is -2.63. The molecule has 0 saturated heterocycles. The average Bonchev–Trinajstić information content (AvgIpc) is 3.51. The number of nitrogens with one attached hydrogen (secondary N) is 3. The van der Waals surface area contributed by atoms with Gasteiger partial charge in [-0.15, -0.1) is 0 Å². The first-order valence-corrected chi connectivity index (χ1v) is 8.80. The van der Waals surface area contributed by atoms with Crippen LogP contribution in [0.4, 0.5) is 11.5 Å². The zero-order valence-corrected chi connectivity index (χ0v) is 14.4. The maximum absolute atomic E-state index is 12.5. The van der Waals surface area contributed by atoms with Gasteiger partial charge in [0.1, 0.15) is 0 Å². The van der Waals surface area contributed by atoms with Crippen LogP contribution < -0.4 is 10.6 Å². The van der Waals surface area contributed by atoms with Crippen molar-refractivity contribution in [2.45, 2.75) is 39.0 Å². The van der Waals surface area contributed by atoms with E-state index in [1.165, 1.54) is 12.8 Å². The number of amides is 2. The van der Waals surface area contributed by atoms with Crippen molar-refractivity contribution in [2.75, 3.05) is 10.6 Å². The minimum absolute atomic E-state index is 0.0299. The molecule has 1 heterocycles. The smallest absolute Gasteiger partial charge is 0.256 e. The lowest BCUT2D eigenvalue weighted by Crippen LogP contribution is -2.16. The van der Waals surface area contributed by atoms with Crippen molar-refractivity contribution in [2.24, 2.45) is 11.8 Å². The van der Waals surface area contributed by atoms with Crippen LogP contribution in [0.5, 0.6) is 0 Å². The second kappa shape index (κ2) is 6.02. The number of carbonyl (C=O) groups excluding carboxylic acids is 2. The fraction of sp³-hybridized carbons (Fsp3) is 0.421. The quantitative estimate of drug-likeness (QED) is 0.780. The molecule has 2 aliphatic carbocycles. The van der Waals surface area contributed by atoms with Gasteiger partial charge in [0.15, 0.2) is 5.82 Å². The van der Waals surface area contributed by atoms with Gasteiger partial charge in [-0.1, -0.05) is 13.0 Å². The topological polar surface area (TPSA) is 86.9 Å². The van der Waals surface area contributed by atoms with Gasteiger partial charge in [0.25, 0.3) is 5.91 Å². The Morgan fingerprint density at radius 2 is 2.00 bits per heavy atom. The minimum atomic E-state index is -0.229.